The van der Waals surface area contributed by atoms with Crippen LogP contribution in [0.5, 0.6) is 0 Å². The van der Waals surface area contributed by atoms with E-state index in [1.54, 1.807) is 0 Å². The molecule has 2 unspecified atom stereocenters. The predicted molar refractivity (Wildman–Crippen MR) is 117 cm³/mol. The van der Waals surface area contributed by atoms with Crippen LogP contribution in [0.25, 0.3) is 0 Å². The maximum absolute atomic E-state index is 3.96. The molecule has 0 aliphatic heterocycles. The highest BCUT2D eigenvalue weighted by Crippen LogP contribution is 2.23. The van der Waals surface area contributed by atoms with Gasteiger partial charge in [0, 0.05) is 0 Å². The quantitative estimate of drug-likeness (QED) is 0.311. The summed E-state index contributed by atoms with van der Waals surface area (Å²) in [6.07, 6.45) is 18.8. The topological polar surface area (TPSA) is 0 Å². The molecule has 0 saturated heterocycles. The van der Waals surface area contributed by atoms with Gasteiger partial charge in [0.25, 0.3) is 0 Å². The van der Waals surface area contributed by atoms with Crippen LogP contribution in [0, 0.1) is 11.8 Å². The lowest BCUT2D eigenvalue weighted by molar-refractivity contribution is 0.510. The zero-order chi connectivity index (χ0) is 19.2. The molecule has 0 N–H and O–H groups in total. The molecule has 0 fully saturated rings. The van der Waals surface area contributed by atoms with Crippen LogP contribution in [0.4, 0.5) is 0 Å². The molecule has 0 heteroatoms. The van der Waals surface area contributed by atoms with E-state index in [1.807, 2.05) is 0 Å². The molecule has 142 valence electrons. The van der Waals surface area contributed by atoms with E-state index in [9.17, 15) is 0 Å². The summed E-state index contributed by atoms with van der Waals surface area (Å²) in [4.78, 5) is 0. The van der Waals surface area contributed by atoms with E-state index in [-0.39, 0.29) is 0 Å². The Morgan fingerprint density at radius 1 is 0.800 bits per heavy atom. The van der Waals surface area contributed by atoms with Gasteiger partial charge in [-0.3, -0.25) is 0 Å². The molecule has 0 spiro atoms. The summed E-state index contributed by atoms with van der Waals surface area (Å²) in [5, 5.41) is 0. The van der Waals surface area contributed by atoms with Gasteiger partial charge in [0.15, 0.2) is 0 Å². The third-order valence-electron chi connectivity index (χ3n) is 4.55. The van der Waals surface area contributed by atoms with Crippen LogP contribution in [0.15, 0.2) is 59.3 Å². The fourth-order valence-electron chi connectivity index (χ4n) is 2.92. The third-order valence-corrected chi connectivity index (χ3v) is 4.55. The highest BCUT2D eigenvalue weighted by molar-refractivity contribution is 5.08. The molecule has 2 atom stereocenters. The van der Waals surface area contributed by atoms with Crippen LogP contribution in [0.2, 0.25) is 0 Å². The van der Waals surface area contributed by atoms with Crippen LogP contribution in [-0.2, 0) is 0 Å². The molecule has 0 aliphatic carbocycles. The van der Waals surface area contributed by atoms with E-state index in [0.29, 0.717) is 11.8 Å². The van der Waals surface area contributed by atoms with Crippen molar-refractivity contribution in [3.05, 3.63) is 59.3 Å². The highest BCUT2D eigenvalue weighted by Gasteiger charge is 2.09. The first kappa shape index (κ1) is 23.7. The van der Waals surface area contributed by atoms with E-state index in [1.165, 1.54) is 41.6 Å². The zero-order valence-corrected chi connectivity index (χ0v) is 18.0. The first-order valence-electron chi connectivity index (χ1n) is 9.96. The summed E-state index contributed by atoms with van der Waals surface area (Å²) < 4.78 is 0. The maximum Gasteiger partial charge on any atom is -0.0191 e. The van der Waals surface area contributed by atoms with Crippen molar-refractivity contribution in [2.24, 2.45) is 11.8 Å². The normalized spacial score (nSPS) is 14.7. The minimum absolute atomic E-state index is 0.575. The van der Waals surface area contributed by atoms with Gasteiger partial charge >= 0.3 is 0 Å². The molecule has 0 aromatic heterocycles. The Morgan fingerprint density at radius 2 is 1.32 bits per heavy atom. The van der Waals surface area contributed by atoms with Crippen LogP contribution in [0.3, 0.4) is 0 Å². The average Bonchev–Trinajstić information content (AvgIpc) is 2.51. The summed E-state index contributed by atoms with van der Waals surface area (Å²) in [5.41, 5.74) is 5.87. The number of allylic oxidation sites excluding steroid dienone is 9. The van der Waals surface area contributed by atoms with E-state index in [2.05, 4.69) is 85.4 Å². The van der Waals surface area contributed by atoms with E-state index >= 15 is 0 Å². The van der Waals surface area contributed by atoms with E-state index in [0.717, 1.165) is 19.3 Å². The lowest BCUT2D eigenvalue weighted by Crippen LogP contribution is -2.03. The molecular weight excluding hydrogens is 300 g/mol. The molecule has 25 heavy (non-hydrogen) atoms. The first-order chi connectivity index (χ1) is 11.7. The fraction of sp³-hybridized carbons (Fsp3) is 0.600. The Hall–Kier alpha value is -1.30. The van der Waals surface area contributed by atoms with Crippen molar-refractivity contribution >= 4 is 0 Å². The second kappa shape index (κ2) is 13.9. The van der Waals surface area contributed by atoms with Crippen molar-refractivity contribution in [2.45, 2.75) is 87.0 Å². The van der Waals surface area contributed by atoms with Gasteiger partial charge < -0.3 is 0 Å². The second-order valence-electron chi connectivity index (χ2n) is 8.15. The number of hydrogen-bond acceptors (Lipinski definition) is 0. The molecule has 0 aromatic rings. The molecule has 0 radical (unpaired) electrons. The minimum atomic E-state index is 0.575. The Bertz CT molecular complexity index is 488. The average molecular weight is 343 g/mol. The van der Waals surface area contributed by atoms with Crippen molar-refractivity contribution in [3.8, 4) is 0 Å². The molecule has 0 heterocycles. The Kier molecular flexibility index (Phi) is 13.2. The Labute approximate surface area is 158 Å². The van der Waals surface area contributed by atoms with Crippen molar-refractivity contribution in [2.75, 3.05) is 0 Å². The highest BCUT2D eigenvalue weighted by atomic mass is 14.1. The van der Waals surface area contributed by atoms with Crippen LogP contribution < -0.4 is 0 Å². The maximum atomic E-state index is 3.96. The van der Waals surface area contributed by atoms with Crippen molar-refractivity contribution < 1.29 is 0 Å². The summed E-state index contributed by atoms with van der Waals surface area (Å²) in [5.74, 6) is 1.20. The SMILES string of the molecule is C=CC(C)CC(C=C(C)CCC=C(C)C)CC=C(C)CCC=C(C)C. The van der Waals surface area contributed by atoms with Gasteiger partial charge in [0.1, 0.15) is 0 Å². The lowest BCUT2D eigenvalue weighted by atomic mass is 9.90. The molecule has 0 saturated carbocycles. The minimum Gasteiger partial charge on any atom is -0.103 e. The Morgan fingerprint density at radius 3 is 1.80 bits per heavy atom. The van der Waals surface area contributed by atoms with Gasteiger partial charge in [-0.15, -0.1) is 6.58 Å². The standard InChI is InChI=1S/C25H42/c1-9-22(6)18-25(19-24(8)15-11-13-21(4)5)17-16-23(7)14-10-12-20(2)3/h9,12-13,16,19,22,25H,1,10-11,14-15,17-18H2,2-8H3. The van der Waals surface area contributed by atoms with Gasteiger partial charge in [-0.2, -0.15) is 0 Å². The smallest absolute Gasteiger partial charge is 0.0191 e. The van der Waals surface area contributed by atoms with Gasteiger partial charge in [-0.05, 0) is 91.9 Å². The van der Waals surface area contributed by atoms with Gasteiger partial charge in [0.05, 0.1) is 0 Å². The number of rotatable bonds is 12. The van der Waals surface area contributed by atoms with Crippen LogP contribution in [-0.4, -0.2) is 0 Å². The second-order valence-corrected chi connectivity index (χ2v) is 8.15. The molecule has 0 rings (SSSR count). The van der Waals surface area contributed by atoms with E-state index in [4.69, 9.17) is 0 Å². The fourth-order valence-corrected chi connectivity index (χ4v) is 2.92. The van der Waals surface area contributed by atoms with Gasteiger partial charge in [0.2, 0.25) is 0 Å². The molecule has 0 amide bonds. The monoisotopic (exact) mass is 342 g/mol. The summed E-state index contributed by atoms with van der Waals surface area (Å²) in [6, 6.07) is 0. The molecule has 0 aliphatic rings. The molecule has 0 nitrogen and oxygen atoms in total. The van der Waals surface area contributed by atoms with Crippen LogP contribution >= 0.6 is 0 Å². The summed E-state index contributed by atoms with van der Waals surface area (Å²) in [7, 11) is 0. The van der Waals surface area contributed by atoms with Crippen molar-refractivity contribution in [1.29, 1.82) is 0 Å². The number of hydrogen-bond donors (Lipinski definition) is 0. The first-order valence-corrected chi connectivity index (χ1v) is 9.96. The van der Waals surface area contributed by atoms with Crippen molar-refractivity contribution in [3.63, 3.8) is 0 Å². The zero-order valence-electron chi connectivity index (χ0n) is 18.0. The molecule has 0 aromatic carbocycles. The van der Waals surface area contributed by atoms with E-state index < -0.39 is 0 Å². The van der Waals surface area contributed by atoms with Gasteiger partial charge in [-0.1, -0.05) is 59.6 Å². The largest absolute Gasteiger partial charge is 0.103 e. The Balaban J connectivity index is 4.78. The predicted octanol–water partition coefficient (Wildman–Crippen LogP) is 8.59. The lowest BCUT2D eigenvalue weighted by Gasteiger charge is -2.16. The van der Waals surface area contributed by atoms with Crippen LogP contribution in [0.1, 0.15) is 87.0 Å². The van der Waals surface area contributed by atoms with Crippen molar-refractivity contribution in [1.82, 2.24) is 0 Å². The molecule has 0 bridgehead atoms. The third kappa shape index (κ3) is 14.7. The summed E-state index contributed by atoms with van der Waals surface area (Å²) >= 11 is 0. The summed E-state index contributed by atoms with van der Waals surface area (Å²) in [6.45, 7) is 19.5. The molecular formula is C25H42. The van der Waals surface area contributed by atoms with Gasteiger partial charge in [-0.25, -0.2) is 0 Å².